The Morgan fingerprint density at radius 2 is 1.93 bits per heavy atom. The Kier molecular flexibility index (Phi) is 7.33. The molecular formula is C22H20BrNO5S. The van der Waals surface area contributed by atoms with Crippen molar-refractivity contribution >= 4 is 39.4 Å². The standard InChI is InChI=1S/C22H20BrNO5S/c1-13-17(14(2)29-24-13)12-30-21-7-5-4-6-16(21)22(26)28-11-19(25)15-8-9-20(27-3)18(23)10-15/h4-10H,11-12H2,1-3H3. The van der Waals surface area contributed by atoms with Gasteiger partial charge in [0.25, 0.3) is 0 Å². The summed E-state index contributed by atoms with van der Waals surface area (Å²) in [6.07, 6.45) is 0. The van der Waals surface area contributed by atoms with Crippen molar-refractivity contribution < 1.29 is 23.6 Å². The second-order valence-corrected chi connectivity index (χ2v) is 8.31. The van der Waals surface area contributed by atoms with Crippen molar-refractivity contribution in [2.45, 2.75) is 24.5 Å². The van der Waals surface area contributed by atoms with Gasteiger partial charge in [0.05, 0.1) is 22.8 Å². The third-order valence-corrected chi connectivity index (χ3v) is 6.19. The van der Waals surface area contributed by atoms with Crippen LogP contribution in [-0.2, 0) is 10.5 Å². The van der Waals surface area contributed by atoms with Crippen LogP contribution in [0, 0.1) is 13.8 Å². The first-order valence-electron chi connectivity index (χ1n) is 9.08. The molecule has 2 aromatic carbocycles. The lowest BCUT2D eigenvalue weighted by molar-refractivity contribution is 0.0471. The number of thioether (sulfide) groups is 1. The number of ketones is 1. The smallest absolute Gasteiger partial charge is 0.339 e. The minimum Gasteiger partial charge on any atom is -0.496 e. The second kappa shape index (κ2) is 9.95. The zero-order chi connectivity index (χ0) is 21.7. The lowest BCUT2D eigenvalue weighted by Crippen LogP contribution is -2.15. The molecule has 0 aliphatic carbocycles. The van der Waals surface area contributed by atoms with E-state index < -0.39 is 5.97 Å². The fraction of sp³-hybridized carbons (Fsp3) is 0.227. The minimum absolute atomic E-state index is 0.299. The van der Waals surface area contributed by atoms with E-state index in [1.54, 1.807) is 37.4 Å². The summed E-state index contributed by atoms with van der Waals surface area (Å²) >= 11 is 4.84. The van der Waals surface area contributed by atoms with E-state index in [0.717, 1.165) is 21.9 Å². The van der Waals surface area contributed by atoms with Gasteiger partial charge >= 0.3 is 5.97 Å². The second-order valence-electron chi connectivity index (χ2n) is 6.44. The Labute approximate surface area is 187 Å². The van der Waals surface area contributed by atoms with Crippen molar-refractivity contribution in [3.05, 3.63) is 75.1 Å². The van der Waals surface area contributed by atoms with Crippen LogP contribution in [0.15, 0.2) is 56.4 Å². The number of carbonyl (C=O) groups excluding carboxylic acids is 2. The topological polar surface area (TPSA) is 78.6 Å². The number of carbonyl (C=O) groups is 2. The van der Waals surface area contributed by atoms with Gasteiger partial charge in [-0.25, -0.2) is 4.79 Å². The Balaban J connectivity index is 1.65. The van der Waals surface area contributed by atoms with Crippen LogP contribution in [0.3, 0.4) is 0 Å². The molecule has 0 unspecified atom stereocenters. The summed E-state index contributed by atoms with van der Waals surface area (Å²) in [6.45, 7) is 3.40. The zero-order valence-corrected chi connectivity index (χ0v) is 19.1. The van der Waals surface area contributed by atoms with Gasteiger partial charge in [0.2, 0.25) is 0 Å². The highest BCUT2D eigenvalue weighted by Crippen LogP contribution is 2.29. The van der Waals surface area contributed by atoms with Gasteiger partial charge in [-0.1, -0.05) is 17.3 Å². The number of methoxy groups -OCH3 is 1. The lowest BCUT2D eigenvalue weighted by Gasteiger charge is -2.10. The van der Waals surface area contributed by atoms with Gasteiger partial charge in [-0.3, -0.25) is 4.79 Å². The van der Waals surface area contributed by atoms with Crippen molar-refractivity contribution in [1.82, 2.24) is 5.16 Å². The number of hydrogen-bond acceptors (Lipinski definition) is 7. The Morgan fingerprint density at radius 1 is 1.17 bits per heavy atom. The van der Waals surface area contributed by atoms with Gasteiger partial charge in [0.15, 0.2) is 12.4 Å². The summed E-state index contributed by atoms with van der Waals surface area (Å²) in [5.41, 5.74) is 2.68. The molecule has 30 heavy (non-hydrogen) atoms. The monoisotopic (exact) mass is 489 g/mol. The zero-order valence-electron chi connectivity index (χ0n) is 16.7. The maximum atomic E-state index is 12.6. The molecule has 1 heterocycles. The average molecular weight is 490 g/mol. The molecule has 0 radical (unpaired) electrons. The SMILES string of the molecule is COc1ccc(C(=O)COC(=O)c2ccccc2SCc2c(C)noc2C)cc1Br. The number of halogens is 1. The fourth-order valence-corrected chi connectivity index (χ4v) is 4.49. The van der Waals surface area contributed by atoms with Crippen LogP contribution in [0.4, 0.5) is 0 Å². The third-order valence-electron chi connectivity index (χ3n) is 4.47. The van der Waals surface area contributed by atoms with Crippen LogP contribution < -0.4 is 4.74 Å². The molecular weight excluding hydrogens is 470 g/mol. The van der Waals surface area contributed by atoms with Gasteiger partial charge in [-0.15, -0.1) is 11.8 Å². The molecule has 0 atom stereocenters. The van der Waals surface area contributed by atoms with Crippen molar-refractivity contribution in [3.63, 3.8) is 0 Å². The van der Waals surface area contributed by atoms with Gasteiger partial charge in [0.1, 0.15) is 11.5 Å². The molecule has 0 aliphatic heterocycles. The summed E-state index contributed by atoms with van der Waals surface area (Å²) in [4.78, 5) is 25.8. The maximum absolute atomic E-state index is 12.6. The Hall–Kier alpha value is -2.58. The largest absolute Gasteiger partial charge is 0.496 e. The van der Waals surface area contributed by atoms with Gasteiger partial charge < -0.3 is 14.0 Å². The highest BCUT2D eigenvalue weighted by atomic mass is 79.9. The number of esters is 1. The van der Waals surface area contributed by atoms with E-state index in [0.29, 0.717) is 27.1 Å². The molecule has 0 N–H and O–H groups in total. The molecule has 0 amide bonds. The number of benzene rings is 2. The van der Waals surface area contributed by atoms with Crippen LogP contribution in [0.5, 0.6) is 5.75 Å². The van der Waals surface area contributed by atoms with Crippen molar-refractivity contribution in [2.75, 3.05) is 13.7 Å². The van der Waals surface area contributed by atoms with Crippen LogP contribution in [0.1, 0.15) is 37.7 Å². The molecule has 3 rings (SSSR count). The first kappa shape index (κ1) is 22.1. The van der Waals surface area contributed by atoms with Crippen LogP contribution >= 0.6 is 27.7 Å². The molecule has 6 nitrogen and oxygen atoms in total. The van der Waals surface area contributed by atoms with E-state index in [-0.39, 0.29) is 12.4 Å². The fourth-order valence-electron chi connectivity index (χ4n) is 2.75. The van der Waals surface area contributed by atoms with Crippen LogP contribution in [0.2, 0.25) is 0 Å². The molecule has 0 bridgehead atoms. The Morgan fingerprint density at radius 3 is 2.60 bits per heavy atom. The maximum Gasteiger partial charge on any atom is 0.339 e. The van der Waals surface area contributed by atoms with E-state index in [9.17, 15) is 9.59 Å². The number of hydrogen-bond donors (Lipinski definition) is 0. The number of rotatable bonds is 8. The summed E-state index contributed by atoms with van der Waals surface area (Å²) < 4.78 is 16.3. The van der Waals surface area contributed by atoms with E-state index in [1.807, 2.05) is 26.0 Å². The number of ether oxygens (including phenoxy) is 2. The molecule has 1 aromatic heterocycles. The molecule has 0 saturated heterocycles. The summed E-state index contributed by atoms with van der Waals surface area (Å²) in [5.74, 6) is 1.15. The molecule has 156 valence electrons. The molecule has 0 fully saturated rings. The summed E-state index contributed by atoms with van der Waals surface area (Å²) in [5, 5.41) is 3.95. The molecule has 3 aromatic rings. The summed E-state index contributed by atoms with van der Waals surface area (Å²) in [7, 11) is 1.55. The van der Waals surface area contributed by atoms with Crippen LogP contribution in [0.25, 0.3) is 0 Å². The normalized spacial score (nSPS) is 10.7. The van der Waals surface area contributed by atoms with Crippen LogP contribution in [-0.4, -0.2) is 30.6 Å². The quantitative estimate of drug-likeness (QED) is 0.238. The number of Topliss-reactive ketones (excluding diaryl/α,β-unsaturated/α-hetero) is 1. The molecule has 8 heteroatoms. The van der Waals surface area contributed by atoms with Gasteiger partial charge in [0, 0.05) is 21.8 Å². The van der Waals surface area contributed by atoms with Crippen molar-refractivity contribution in [1.29, 1.82) is 0 Å². The van der Waals surface area contributed by atoms with E-state index in [4.69, 9.17) is 14.0 Å². The number of aryl methyl sites for hydroxylation is 2. The predicted molar refractivity (Wildman–Crippen MR) is 117 cm³/mol. The van der Waals surface area contributed by atoms with E-state index in [2.05, 4.69) is 21.1 Å². The predicted octanol–water partition coefficient (Wildman–Crippen LogP) is 5.39. The molecule has 0 spiro atoms. The average Bonchev–Trinajstić information content (AvgIpc) is 3.07. The van der Waals surface area contributed by atoms with E-state index in [1.165, 1.54) is 11.8 Å². The third kappa shape index (κ3) is 5.12. The highest BCUT2D eigenvalue weighted by molar-refractivity contribution is 9.10. The number of nitrogens with zero attached hydrogens (tertiary/aromatic N) is 1. The first-order chi connectivity index (χ1) is 14.4. The highest BCUT2D eigenvalue weighted by Gasteiger charge is 2.17. The minimum atomic E-state index is -0.544. The lowest BCUT2D eigenvalue weighted by atomic mass is 10.1. The van der Waals surface area contributed by atoms with Crippen molar-refractivity contribution in [3.8, 4) is 5.75 Å². The van der Waals surface area contributed by atoms with Gasteiger partial charge in [-0.2, -0.15) is 0 Å². The summed E-state index contributed by atoms with van der Waals surface area (Å²) in [6, 6.07) is 12.1. The molecule has 0 saturated carbocycles. The van der Waals surface area contributed by atoms with Gasteiger partial charge in [-0.05, 0) is 60.1 Å². The molecule has 0 aliphatic rings. The first-order valence-corrected chi connectivity index (χ1v) is 10.9. The van der Waals surface area contributed by atoms with E-state index >= 15 is 0 Å². The Bertz CT molecular complexity index is 1060. The van der Waals surface area contributed by atoms with Crippen molar-refractivity contribution in [2.24, 2.45) is 0 Å². The number of aromatic nitrogens is 1.